The van der Waals surface area contributed by atoms with Crippen LogP contribution in [-0.2, 0) is 4.79 Å². The van der Waals surface area contributed by atoms with Crippen molar-refractivity contribution in [3.05, 3.63) is 0 Å². The first-order valence-corrected chi connectivity index (χ1v) is 6.19. The summed E-state index contributed by atoms with van der Waals surface area (Å²) < 4.78 is 0. The van der Waals surface area contributed by atoms with Gasteiger partial charge in [-0.05, 0) is 19.8 Å². The molecule has 0 bridgehead atoms. The molecule has 3 nitrogen and oxygen atoms in total. The van der Waals surface area contributed by atoms with E-state index in [-0.39, 0.29) is 5.41 Å². The molecular weight excluding hydrogens is 188 g/mol. The molecule has 3 heteroatoms. The van der Waals surface area contributed by atoms with Crippen LogP contribution < -0.4 is 5.32 Å². The monoisotopic (exact) mass is 210 g/mol. The van der Waals surface area contributed by atoms with Gasteiger partial charge in [-0.2, -0.15) is 0 Å². The summed E-state index contributed by atoms with van der Waals surface area (Å²) >= 11 is 0. The third kappa shape index (κ3) is 1.89. The van der Waals surface area contributed by atoms with E-state index in [0.717, 1.165) is 32.5 Å². The van der Waals surface area contributed by atoms with Crippen LogP contribution in [0.5, 0.6) is 0 Å². The summed E-state index contributed by atoms with van der Waals surface area (Å²) in [5, 5.41) is 3.24. The minimum atomic E-state index is -0.0500. The minimum Gasteiger partial charge on any atom is -0.337 e. The molecule has 1 saturated heterocycles. The quantitative estimate of drug-likeness (QED) is 0.763. The maximum atomic E-state index is 12.4. The number of amides is 1. The Balaban J connectivity index is 2.03. The molecule has 2 aliphatic rings. The Morgan fingerprint density at radius 1 is 1.40 bits per heavy atom. The van der Waals surface area contributed by atoms with E-state index in [1.807, 2.05) is 0 Å². The second kappa shape index (κ2) is 4.12. The van der Waals surface area contributed by atoms with Crippen molar-refractivity contribution in [2.75, 3.05) is 19.6 Å². The van der Waals surface area contributed by atoms with E-state index in [1.54, 1.807) is 0 Å². The van der Waals surface area contributed by atoms with Crippen molar-refractivity contribution < 1.29 is 4.79 Å². The van der Waals surface area contributed by atoms with Crippen molar-refractivity contribution in [1.29, 1.82) is 0 Å². The van der Waals surface area contributed by atoms with E-state index in [9.17, 15) is 4.79 Å². The van der Waals surface area contributed by atoms with Gasteiger partial charge in [-0.1, -0.05) is 19.8 Å². The Kier molecular flexibility index (Phi) is 3.01. The molecule has 0 aromatic carbocycles. The van der Waals surface area contributed by atoms with E-state index >= 15 is 0 Å². The van der Waals surface area contributed by atoms with Crippen molar-refractivity contribution >= 4 is 5.91 Å². The summed E-state index contributed by atoms with van der Waals surface area (Å²) in [7, 11) is 0. The maximum Gasteiger partial charge on any atom is 0.228 e. The van der Waals surface area contributed by atoms with Crippen LogP contribution >= 0.6 is 0 Å². The zero-order valence-corrected chi connectivity index (χ0v) is 9.88. The third-order valence-corrected chi connectivity index (χ3v) is 4.03. The SMILES string of the molecule is CCN(C(=O)C1(C)CCCC1)C1CNC1. The largest absolute Gasteiger partial charge is 0.337 e. The molecule has 0 atom stereocenters. The summed E-state index contributed by atoms with van der Waals surface area (Å²) in [6.07, 6.45) is 4.62. The first-order valence-electron chi connectivity index (χ1n) is 6.19. The fraction of sp³-hybridized carbons (Fsp3) is 0.917. The number of likely N-dealkylation sites (N-methyl/N-ethyl adjacent to an activating group) is 1. The molecule has 2 fully saturated rings. The van der Waals surface area contributed by atoms with Gasteiger partial charge in [0.2, 0.25) is 5.91 Å². The molecule has 15 heavy (non-hydrogen) atoms. The van der Waals surface area contributed by atoms with Gasteiger partial charge in [0.25, 0.3) is 0 Å². The van der Waals surface area contributed by atoms with Crippen LogP contribution in [0.2, 0.25) is 0 Å². The second-order valence-electron chi connectivity index (χ2n) is 5.17. The van der Waals surface area contributed by atoms with E-state index in [4.69, 9.17) is 0 Å². The van der Waals surface area contributed by atoms with Gasteiger partial charge >= 0.3 is 0 Å². The highest BCUT2D eigenvalue weighted by atomic mass is 16.2. The molecule has 1 amide bonds. The van der Waals surface area contributed by atoms with Gasteiger partial charge in [0.15, 0.2) is 0 Å². The first-order chi connectivity index (χ1) is 7.17. The Hall–Kier alpha value is -0.570. The van der Waals surface area contributed by atoms with Crippen molar-refractivity contribution in [3.63, 3.8) is 0 Å². The van der Waals surface area contributed by atoms with Crippen LogP contribution in [0.1, 0.15) is 39.5 Å². The van der Waals surface area contributed by atoms with Gasteiger partial charge in [0, 0.05) is 25.0 Å². The fourth-order valence-electron chi connectivity index (χ4n) is 2.78. The highest BCUT2D eigenvalue weighted by Crippen LogP contribution is 2.39. The average Bonchev–Trinajstić information content (AvgIpc) is 2.58. The Labute approximate surface area is 92.2 Å². The van der Waals surface area contributed by atoms with E-state index < -0.39 is 0 Å². The predicted molar refractivity (Wildman–Crippen MR) is 60.6 cm³/mol. The van der Waals surface area contributed by atoms with E-state index in [2.05, 4.69) is 24.1 Å². The summed E-state index contributed by atoms with van der Waals surface area (Å²) in [5.41, 5.74) is -0.0500. The molecule has 86 valence electrons. The molecule has 1 saturated carbocycles. The average molecular weight is 210 g/mol. The molecule has 1 aliphatic heterocycles. The van der Waals surface area contributed by atoms with Crippen molar-refractivity contribution in [2.24, 2.45) is 5.41 Å². The molecule has 0 spiro atoms. The minimum absolute atomic E-state index is 0.0500. The lowest BCUT2D eigenvalue weighted by Crippen LogP contribution is -2.60. The van der Waals surface area contributed by atoms with Crippen LogP contribution in [0.25, 0.3) is 0 Å². The number of hydrogen-bond donors (Lipinski definition) is 1. The Morgan fingerprint density at radius 3 is 2.40 bits per heavy atom. The zero-order chi connectivity index (χ0) is 10.9. The molecule has 0 aromatic rings. The standard InChI is InChI=1S/C12H22N2O/c1-3-14(10-8-13-9-10)11(15)12(2)6-4-5-7-12/h10,13H,3-9H2,1-2H3. The summed E-state index contributed by atoms with van der Waals surface area (Å²) in [4.78, 5) is 14.5. The molecule has 1 heterocycles. The molecule has 1 aliphatic carbocycles. The highest BCUT2D eigenvalue weighted by Gasteiger charge is 2.41. The number of hydrogen-bond acceptors (Lipinski definition) is 2. The third-order valence-electron chi connectivity index (χ3n) is 4.03. The number of nitrogens with zero attached hydrogens (tertiary/aromatic N) is 1. The van der Waals surface area contributed by atoms with Crippen LogP contribution in [0.15, 0.2) is 0 Å². The Bertz CT molecular complexity index is 242. The Morgan fingerprint density at radius 2 is 2.00 bits per heavy atom. The van der Waals surface area contributed by atoms with Crippen LogP contribution in [0.3, 0.4) is 0 Å². The molecule has 0 aromatic heterocycles. The molecule has 2 rings (SSSR count). The van der Waals surface area contributed by atoms with Crippen LogP contribution in [0, 0.1) is 5.41 Å². The van der Waals surface area contributed by atoms with E-state index in [1.165, 1.54) is 12.8 Å². The zero-order valence-electron chi connectivity index (χ0n) is 9.88. The lowest BCUT2D eigenvalue weighted by atomic mass is 9.86. The van der Waals surface area contributed by atoms with Gasteiger partial charge in [0.1, 0.15) is 0 Å². The number of carbonyl (C=O) groups is 1. The highest BCUT2D eigenvalue weighted by molar-refractivity contribution is 5.83. The maximum absolute atomic E-state index is 12.4. The van der Waals surface area contributed by atoms with Crippen molar-refractivity contribution in [1.82, 2.24) is 10.2 Å². The van der Waals surface area contributed by atoms with Gasteiger partial charge in [-0.3, -0.25) is 4.79 Å². The van der Waals surface area contributed by atoms with Crippen LogP contribution in [0.4, 0.5) is 0 Å². The summed E-state index contributed by atoms with van der Waals surface area (Å²) in [6, 6.07) is 0.458. The number of carbonyl (C=O) groups excluding carboxylic acids is 1. The van der Waals surface area contributed by atoms with Crippen LogP contribution in [-0.4, -0.2) is 36.5 Å². The van der Waals surface area contributed by atoms with Gasteiger partial charge in [0.05, 0.1) is 6.04 Å². The van der Waals surface area contributed by atoms with Gasteiger partial charge < -0.3 is 10.2 Å². The lowest BCUT2D eigenvalue weighted by Gasteiger charge is -2.41. The first kappa shape index (κ1) is 10.9. The fourth-order valence-corrected chi connectivity index (χ4v) is 2.78. The van der Waals surface area contributed by atoms with Crippen molar-refractivity contribution in [2.45, 2.75) is 45.6 Å². The van der Waals surface area contributed by atoms with Crippen molar-refractivity contribution in [3.8, 4) is 0 Å². The number of nitrogens with one attached hydrogen (secondary N) is 1. The molecular formula is C12H22N2O. The number of rotatable bonds is 3. The topological polar surface area (TPSA) is 32.3 Å². The molecule has 1 N–H and O–H groups in total. The predicted octanol–water partition coefficient (Wildman–Crippen LogP) is 1.39. The normalized spacial score (nSPS) is 24.9. The van der Waals surface area contributed by atoms with Gasteiger partial charge in [-0.15, -0.1) is 0 Å². The molecule has 0 unspecified atom stereocenters. The molecule has 0 radical (unpaired) electrons. The van der Waals surface area contributed by atoms with E-state index in [0.29, 0.717) is 11.9 Å². The summed E-state index contributed by atoms with van der Waals surface area (Å²) in [5.74, 6) is 0.397. The lowest BCUT2D eigenvalue weighted by molar-refractivity contribution is -0.144. The second-order valence-corrected chi connectivity index (χ2v) is 5.17. The summed E-state index contributed by atoms with van der Waals surface area (Å²) in [6.45, 7) is 7.07. The van der Waals surface area contributed by atoms with Gasteiger partial charge in [-0.25, -0.2) is 0 Å². The smallest absolute Gasteiger partial charge is 0.228 e.